The highest BCUT2D eigenvalue weighted by molar-refractivity contribution is 6.11. The Morgan fingerprint density at radius 3 is 2.59 bits per heavy atom. The normalized spacial score (nSPS) is 18.1. The van der Waals surface area contributed by atoms with Crippen molar-refractivity contribution in [2.45, 2.75) is 12.3 Å². The summed E-state index contributed by atoms with van der Waals surface area (Å²) >= 11 is 0. The first-order valence-corrected chi connectivity index (χ1v) is 6.92. The first kappa shape index (κ1) is 13.5. The minimum Gasteiger partial charge on any atom is -0.496 e. The minimum atomic E-state index is -4.35. The van der Waals surface area contributed by atoms with Gasteiger partial charge in [0.15, 0.2) is 0 Å². The summed E-state index contributed by atoms with van der Waals surface area (Å²) in [4.78, 5) is 0. The molecule has 0 bridgehead atoms. The molecule has 1 fully saturated rings. The van der Waals surface area contributed by atoms with E-state index in [2.05, 4.69) is 5.32 Å². The van der Waals surface area contributed by atoms with E-state index in [1.807, 2.05) is 22.8 Å². The van der Waals surface area contributed by atoms with Crippen LogP contribution in [0.4, 0.5) is 13.2 Å². The summed E-state index contributed by atoms with van der Waals surface area (Å²) < 4.78 is 46.4. The third-order valence-corrected chi connectivity index (χ3v) is 4.04. The number of fused-ring (bicyclic) bond motifs is 3. The molecule has 1 aromatic heterocycles. The number of ether oxygens (including phenoxy) is 1. The summed E-state index contributed by atoms with van der Waals surface area (Å²) in [5.41, 5.74) is 0.816. The zero-order chi connectivity index (χ0) is 15.5. The third-order valence-electron chi connectivity index (χ3n) is 4.04. The predicted molar refractivity (Wildman–Crippen MR) is 78.0 cm³/mol. The Labute approximate surface area is 124 Å². The molecule has 0 spiro atoms. The van der Waals surface area contributed by atoms with Gasteiger partial charge < -0.3 is 9.30 Å². The lowest BCUT2D eigenvalue weighted by molar-refractivity contribution is -0.137. The molecule has 22 heavy (non-hydrogen) atoms. The van der Waals surface area contributed by atoms with Gasteiger partial charge in [0, 0.05) is 17.3 Å². The molecule has 2 aromatic carbocycles. The van der Waals surface area contributed by atoms with E-state index in [0.29, 0.717) is 11.3 Å². The predicted octanol–water partition coefficient (Wildman–Crippen LogP) is 3.92. The molecule has 0 saturated carbocycles. The van der Waals surface area contributed by atoms with Crippen molar-refractivity contribution >= 4 is 21.8 Å². The topological polar surface area (TPSA) is 36.1 Å². The maximum absolute atomic E-state index is 13.0. The van der Waals surface area contributed by atoms with Crippen molar-refractivity contribution in [3.63, 3.8) is 0 Å². The van der Waals surface area contributed by atoms with Crippen LogP contribution >= 0.6 is 0 Å². The largest absolute Gasteiger partial charge is 0.496 e. The van der Waals surface area contributed by atoms with Gasteiger partial charge in [0.25, 0.3) is 0 Å². The second-order valence-electron chi connectivity index (χ2n) is 5.38. The molecule has 2 heterocycles. The van der Waals surface area contributed by atoms with E-state index >= 15 is 0 Å². The molecule has 1 aliphatic rings. The van der Waals surface area contributed by atoms with Gasteiger partial charge in [-0.15, -0.1) is 0 Å². The SMILES string of the molecule is COc1cccc2c1c1ccc(C(F)(F)F)cc1n2C1CN1. The van der Waals surface area contributed by atoms with Crippen molar-refractivity contribution in [3.8, 4) is 5.75 Å². The van der Waals surface area contributed by atoms with Crippen LogP contribution in [0.5, 0.6) is 5.75 Å². The Balaban J connectivity index is 2.13. The summed E-state index contributed by atoms with van der Waals surface area (Å²) in [6, 6.07) is 9.45. The lowest BCUT2D eigenvalue weighted by atomic mass is 10.1. The Hall–Kier alpha value is -2.21. The van der Waals surface area contributed by atoms with Crippen LogP contribution in [-0.4, -0.2) is 18.2 Å². The standard InChI is InChI=1S/C16H13F3N2O/c1-22-13-4-2-3-11-15(13)10-6-5-9(16(17,18)19)7-12(10)21(11)14-8-20-14/h2-7,14,20H,8H2,1H3. The number of rotatable bonds is 2. The summed E-state index contributed by atoms with van der Waals surface area (Å²) in [5, 5.41) is 4.78. The number of alkyl halides is 3. The molecule has 0 aliphatic carbocycles. The Kier molecular flexibility index (Phi) is 2.69. The van der Waals surface area contributed by atoms with Crippen LogP contribution in [0, 0.1) is 0 Å². The van der Waals surface area contributed by atoms with Gasteiger partial charge in [0.1, 0.15) is 5.75 Å². The molecular weight excluding hydrogens is 293 g/mol. The number of nitrogens with one attached hydrogen (secondary N) is 1. The quantitative estimate of drug-likeness (QED) is 0.728. The van der Waals surface area contributed by atoms with Crippen LogP contribution in [0.3, 0.4) is 0 Å². The van der Waals surface area contributed by atoms with E-state index in [1.54, 1.807) is 7.11 Å². The molecule has 6 heteroatoms. The fraction of sp³-hybridized carbons (Fsp3) is 0.250. The molecule has 1 saturated heterocycles. The van der Waals surface area contributed by atoms with Crippen LogP contribution in [0.2, 0.25) is 0 Å². The molecule has 1 atom stereocenters. The molecule has 3 aromatic rings. The maximum Gasteiger partial charge on any atom is 0.416 e. The van der Waals surface area contributed by atoms with Gasteiger partial charge in [0.2, 0.25) is 0 Å². The molecule has 0 amide bonds. The van der Waals surface area contributed by atoms with Gasteiger partial charge in [-0.2, -0.15) is 13.2 Å². The van der Waals surface area contributed by atoms with E-state index in [9.17, 15) is 13.2 Å². The monoisotopic (exact) mass is 306 g/mol. The molecule has 1 unspecified atom stereocenters. The third kappa shape index (κ3) is 1.87. The zero-order valence-corrected chi connectivity index (χ0v) is 11.7. The van der Waals surface area contributed by atoms with Crippen LogP contribution in [0.1, 0.15) is 11.7 Å². The van der Waals surface area contributed by atoms with E-state index in [-0.39, 0.29) is 6.17 Å². The molecule has 3 nitrogen and oxygen atoms in total. The average Bonchev–Trinajstić information content (AvgIpc) is 3.26. The van der Waals surface area contributed by atoms with Crippen LogP contribution in [0.15, 0.2) is 36.4 Å². The van der Waals surface area contributed by atoms with E-state index in [1.165, 1.54) is 12.1 Å². The van der Waals surface area contributed by atoms with Crippen molar-refractivity contribution in [1.82, 2.24) is 9.88 Å². The Morgan fingerprint density at radius 2 is 1.95 bits per heavy atom. The molecule has 1 N–H and O–H groups in total. The first-order valence-electron chi connectivity index (χ1n) is 6.92. The number of hydrogen-bond acceptors (Lipinski definition) is 2. The van der Waals surface area contributed by atoms with Crippen molar-refractivity contribution < 1.29 is 17.9 Å². The lowest BCUT2D eigenvalue weighted by Gasteiger charge is -2.08. The van der Waals surface area contributed by atoms with Gasteiger partial charge in [-0.1, -0.05) is 12.1 Å². The fourth-order valence-corrected chi connectivity index (χ4v) is 2.98. The number of aromatic nitrogens is 1. The lowest BCUT2D eigenvalue weighted by Crippen LogP contribution is -2.05. The number of hydrogen-bond donors (Lipinski definition) is 1. The second kappa shape index (κ2) is 4.39. The smallest absolute Gasteiger partial charge is 0.416 e. The first-order chi connectivity index (χ1) is 10.5. The Bertz CT molecular complexity index is 878. The van der Waals surface area contributed by atoms with Crippen molar-refractivity contribution in [1.29, 1.82) is 0 Å². The number of halogens is 3. The molecule has 4 rings (SSSR count). The van der Waals surface area contributed by atoms with Crippen LogP contribution < -0.4 is 10.1 Å². The van der Waals surface area contributed by atoms with Gasteiger partial charge >= 0.3 is 6.18 Å². The van der Waals surface area contributed by atoms with Gasteiger partial charge in [-0.05, 0) is 24.3 Å². The highest BCUT2D eigenvalue weighted by atomic mass is 19.4. The van der Waals surface area contributed by atoms with Gasteiger partial charge in [-0.3, -0.25) is 5.32 Å². The van der Waals surface area contributed by atoms with E-state index in [0.717, 1.165) is 28.9 Å². The molecular formula is C16H13F3N2O. The van der Waals surface area contributed by atoms with Crippen molar-refractivity contribution in [2.75, 3.05) is 13.7 Å². The molecule has 114 valence electrons. The van der Waals surface area contributed by atoms with E-state index in [4.69, 9.17) is 4.74 Å². The molecule has 1 aliphatic heterocycles. The summed E-state index contributed by atoms with van der Waals surface area (Å²) in [6.45, 7) is 0.756. The highest BCUT2D eigenvalue weighted by Gasteiger charge is 2.33. The summed E-state index contributed by atoms with van der Waals surface area (Å²) in [6.07, 6.45) is -4.31. The number of nitrogens with zero attached hydrogens (tertiary/aromatic N) is 1. The van der Waals surface area contributed by atoms with Crippen molar-refractivity contribution in [3.05, 3.63) is 42.0 Å². The van der Waals surface area contributed by atoms with E-state index < -0.39 is 11.7 Å². The average molecular weight is 306 g/mol. The summed E-state index contributed by atoms with van der Waals surface area (Å²) in [7, 11) is 1.57. The highest BCUT2D eigenvalue weighted by Crippen LogP contribution is 2.40. The van der Waals surface area contributed by atoms with Crippen molar-refractivity contribution in [2.24, 2.45) is 0 Å². The van der Waals surface area contributed by atoms with Crippen LogP contribution in [-0.2, 0) is 6.18 Å². The maximum atomic E-state index is 13.0. The fourth-order valence-electron chi connectivity index (χ4n) is 2.98. The number of methoxy groups -OCH3 is 1. The summed E-state index contributed by atoms with van der Waals surface area (Å²) in [5.74, 6) is 0.668. The van der Waals surface area contributed by atoms with Gasteiger partial charge in [-0.25, -0.2) is 0 Å². The minimum absolute atomic E-state index is 0.0376. The Morgan fingerprint density at radius 1 is 1.18 bits per heavy atom. The van der Waals surface area contributed by atoms with Gasteiger partial charge in [0.05, 0.1) is 29.9 Å². The van der Waals surface area contributed by atoms with Crippen LogP contribution in [0.25, 0.3) is 21.8 Å². The molecule has 0 radical (unpaired) electrons. The number of benzene rings is 2. The second-order valence-corrected chi connectivity index (χ2v) is 5.38. The zero-order valence-electron chi connectivity index (χ0n) is 11.7.